The van der Waals surface area contributed by atoms with Crippen LogP contribution in [0.4, 0.5) is 5.13 Å². The third-order valence-corrected chi connectivity index (χ3v) is 9.77. The number of hydrazone groups is 1. The van der Waals surface area contributed by atoms with Crippen LogP contribution in [0.2, 0.25) is 0 Å². The highest BCUT2D eigenvalue weighted by molar-refractivity contribution is 7.89. The van der Waals surface area contributed by atoms with Crippen molar-refractivity contribution in [3.63, 3.8) is 0 Å². The van der Waals surface area contributed by atoms with Crippen molar-refractivity contribution in [1.82, 2.24) is 9.29 Å². The fraction of sp³-hybridized carbons (Fsp3) is 0.129. The maximum Gasteiger partial charge on any atom is 0.280 e. The minimum Gasteiger partial charge on any atom is -0.497 e. The summed E-state index contributed by atoms with van der Waals surface area (Å²) in [6.45, 7) is 0.730. The Morgan fingerprint density at radius 3 is 2.46 bits per heavy atom. The van der Waals surface area contributed by atoms with Crippen LogP contribution in [-0.2, 0) is 23.0 Å². The van der Waals surface area contributed by atoms with E-state index in [4.69, 9.17) is 4.74 Å². The molecule has 0 atom stereocenters. The summed E-state index contributed by atoms with van der Waals surface area (Å²) in [6, 6.07) is 28.8. The maximum atomic E-state index is 13.8. The highest BCUT2D eigenvalue weighted by atomic mass is 32.2. The van der Waals surface area contributed by atoms with Gasteiger partial charge in [-0.1, -0.05) is 65.9 Å². The first-order valence-electron chi connectivity index (χ1n) is 13.0. The molecular weight excluding hydrogens is 556 g/mol. The first kappa shape index (κ1) is 26.8. The molecule has 0 fully saturated rings. The van der Waals surface area contributed by atoms with Crippen LogP contribution in [0.1, 0.15) is 27.0 Å². The molecular formula is C31H26N4O4S2. The van der Waals surface area contributed by atoms with Crippen LogP contribution in [0.25, 0.3) is 10.2 Å². The summed E-state index contributed by atoms with van der Waals surface area (Å²) in [6.07, 6.45) is 2.26. The number of hydrogen-bond donors (Lipinski definition) is 0. The van der Waals surface area contributed by atoms with E-state index in [9.17, 15) is 13.2 Å². The Morgan fingerprint density at radius 1 is 0.976 bits per heavy atom. The van der Waals surface area contributed by atoms with Crippen molar-refractivity contribution in [3.05, 3.63) is 119 Å². The molecule has 0 radical (unpaired) electrons. The number of amides is 1. The summed E-state index contributed by atoms with van der Waals surface area (Å²) in [5, 5.41) is 6.12. The average molecular weight is 583 g/mol. The number of rotatable bonds is 7. The monoisotopic (exact) mass is 582 g/mol. The fourth-order valence-electron chi connectivity index (χ4n) is 4.68. The Hall–Kier alpha value is -4.38. The molecule has 206 valence electrons. The lowest BCUT2D eigenvalue weighted by Crippen LogP contribution is -2.36. The summed E-state index contributed by atoms with van der Waals surface area (Å²) in [4.78, 5) is 18.5. The van der Waals surface area contributed by atoms with Crippen LogP contribution in [0.3, 0.4) is 0 Å². The van der Waals surface area contributed by atoms with Gasteiger partial charge in [0.2, 0.25) is 15.2 Å². The van der Waals surface area contributed by atoms with Crippen LogP contribution >= 0.6 is 11.3 Å². The molecule has 6 rings (SSSR count). The molecule has 1 aliphatic rings. The number of nitrogens with zero attached hydrogens (tertiary/aromatic N) is 4. The van der Waals surface area contributed by atoms with Gasteiger partial charge in [0.25, 0.3) is 5.91 Å². The standard InChI is InChI=1S/C31H26N4O4S2/c1-39-26-13-16-28-29(19-26)40-31(33-28)35(32-20-22-7-3-2-4-8-22)30(36)24-11-14-27(15-12-24)41(37,38)34-18-17-23-9-5-6-10-25(23)21-34/h2-16,19-20H,17-18,21H2,1H3/b32-20+. The van der Waals surface area contributed by atoms with E-state index in [-0.39, 0.29) is 10.5 Å². The van der Waals surface area contributed by atoms with Crippen LogP contribution in [0, 0.1) is 0 Å². The lowest BCUT2D eigenvalue weighted by atomic mass is 10.0. The molecule has 8 nitrogen and oxygen atoms in total. The largest absolute Gasteiger partial charge is 0.497 e. The molecule has 0 saturated carbocycles. The van der Waals surface area contributed by atoms with Crippen LogP contribution in [0.15, 0.2) is 107 Å². The lowest BCUT2D eigenvalue weighted by molar-refractivity contribution is 0.0987. The smallest absolute Gasteiger partial charge is 0.280 e. The molecule has 0 bridgehead atoms. The Balaban J connectivity index is 1.30. The zero-order chi connectivity index (χ0) is 28.4. The zero-order valence-electron chi connectivity index (χ0n) is 22.2. The van der Waals surface area contributed by atoms with Gasteiger partial charge < -0.3 is 4.74 Å². The van der Waals surface area contributed by atoms with E-state index in [1.54, 1.807) is 13.3 Å². The van der Waals surface area contributed by atoms with Crippen molar-refractivity contribution in [2.24, 2.45) is 5.10 Å². The van der Waals surface area contributed by atoms with Crippen LogP contribution < -0.4 is 9.75 Å². The Bertz CT molecular complexity index is 1850. The Labute approximate surface area is 242 Å². The molecule has 0 saturated heterocycles. The molecule has 1 aliphatic heterocycles. The predicted octanol–water partition coefficient (Wildman–Crippen LogP) is 5.73. The van der Waals surface area contributed by atoms with Gasteiger partial charge in [-0.05, 0) is 65.6 Å². The van der Waals surface area contributed by atoms with Gasteiger partial charge in [0.15, 0.2) is 0 Å². The molecule has 4 aromatic carbocycles. The van der Waals surface area contributed by atoms with Gasteiger partial charge in [0.1, 0.15) is 5.75 Å². The third kappa shape index (κ3) is 5.49. The van der Waals surface area contributed by atoms with Gasteiger partial charge in [-0.25, -0.2) is 13.4 Å². The number of hydrogen-bond acceptors (Lipinski definition) is 7. The van der Waals surface area contributed by atoms with Gasteiger partial charge in [-0.2, -0.15) is 14.4 Å². The zero-order valence-corrected chi connectivity index (χ0v) is 23.8. The molecule has 41 heavy (non-hydrogen) atoms. The third-order valence-electron chi connectivity index (χ3n) is 6.91. The van der Waals surface area contributed by atoms with E-state index >= 15 is 0 Å². The van der Waals surface area contributed by atoms with Crippen molar-refractivity contribution in [2.75, 3.05) is 18.7 Å². The Kier molecular flexibility index (Phi) is 7.36. The summed E-state index contributed by atoms with van der Waals surface area (Å²) in [7, 11) is -2.14. The predicted molar refractivity (Wildman–Crippen MR) is 161 cm³/mol. The van der Waals surface area contributed by atoms with Crippen molar-refractivity contribution >= 4 is 48.8 Å². The number of sulfonamides is 1. The summed E-state index contributed by atoms with van der Waals surface area (Å²) >= 11 is 1.31. The molecule has 1 amide bonds. The molecule has 0 unspecified atom stereocenters. The maximum absolute atomic E-state index is 13.8. The number of anilines is 1. The quantitative estimate of drug-likeness (QED) is 0.180. The van der Waals surface area contributed by atoms with E-state index in [0.717, 1.165) is 15.8 Å². The van der Waals surface area contributed by atoms with Gasteiger partial charge in [-0.3, -0.25) is 4.79 Å². The molecule has 0 N–H and O–H groups in total. The lowest BCUT2D eigenvalue weighted by Gasteiger charge is -2.28. The highest BCUT2D eigenvalue weighted by Gasteiger charge is 2.29. The number of carbonyl (C=O) groups excluding carboxylic acids is 1. The minimum atomic E-state index is -3.73. The number of thiazole rings is 1. The second-order valence-corrected chi connectivity index (χ2v) is 12.4. The van der Waals surface area contributed by atoms with E-state index in [1.807, 2.05) is 72.8 Å². The van der Waals surface area contributed by atoms with Gasteiger partial charge in [-0.15, -0.1) is 0 Å². The number of fused-ring (bicyclic) bond motifs is 2. The highest BCUT2D eigenvalue weighted by Crippen LogP contribution is 2.33. The molecule has 5 aromatic rings. The second-order valence-electron chi connectivity index (χ2n) is 9.48. The second kappa shape index (κ2) is 11.2. The van der Waals surface area contributed by atoms with E-state index in [1.165, 1.54) is 50.5 Å². The fourth-order valence-corrected chi connectivity index (χ4v) is 7.05. The van der Waals surface area contributed by atoms with E-state index in [2.05, 4.69) is 10.1 Å². The van der Waals surface area contributed by atoms with E-state index in [0.29, 0.717) is 35.9 Å². The van der Waals surface area contributed by atoms with Crippen LogP contribution in [-0.4, -0.2) is 43.5 Å². The first-order chi connectivity index (χ1) is 19.9. The SMILES string of the molecule is COc1ccc2nc(N(/N=C/c3ccccc3)C(=O)c3ccc(S(=O)(=O)N4CCc5ccccc5C4)cc3)sc2c1. The first-order valence-corrected chi connectivity index (χ1v) is 15.2. The van der Waals surface area contributed by atoms with E-state index < -0.39 is 15.9 Å². The number of benzene rings is 4. The van der Waals surface area contributed by atoms with Crippen LogP contribution in [0.5, 0.6) is 5.75 Å². The number of carbonyl (C=O) groups is 1. The number of aromatic nitrogens is 1. The topological polar surface area (TPSA) is 92.2 Å². The van der Waals surface area contributed by atoms with Crippen molar-refractivity contribution < 1.29 is 17.9 Å². The molecule has 10 heteroatoms. The molecule has 0 aliphatic carbocycles. The minimum absolute atomic E-state index is 0.139. The van der Waals surface area contributed by atoms with Gasteiger partial charge in [0, 0.05) is 18.7 Å². The summed E-state index contributed by atoms with van der Waals surface area (Å²) < 4.78 is 34.5. The Morgan fingerprint density at radius 2 is 1.71 bits per heavy atom. The van der Waals surface area contributed by atoms with Crippen molar-refractivity contribution in [2.45, 2.75) is 17.9 Å². The van der Waals surface area contributed by atoms with Crippen molar-refractivity contribution in [1.29, 1.82) is 0 Å². The summed E-state index contributed by atoms with van der Waals surface area (Å²) in [5.74, 6) is 0.256. The summed E-state index contributed by atoms with van der Waals surface area (Å²) in [5.41, 5.74) is 3.99. The normalized spacial score (nSPS) is 13.8. The number of ether oxygens (including phenoxy) is 1. The molecule has 1 aromatic heterocycles. The van der Waals surface area contributed by atoms with Crippen molar-refractivity contribution in [3.8, 4) is 5.75 Å². The molecule has 0 spiro atoms. The average Bonchev–Trinajstić information content (AvgIpc) is 3.44. The van der Waals surface area contributed by atoms with Gasteiger partial charge in [0.05, 0.1) is 28.4 Å². The van der Waals surface area contributed by atoms with Gasteiger partial charge >= 0.3 is 0 Å². The number of methoxy groups -OCH3 is 1. The molecule has 2 heterocycles.